The molecule has 1 saturated carbocycles. The van der Waals surface area contributed by atoms with Crippen LogP contribution < -0.4 is 10.7 Å². The first-order valence-corrected chi connectivity index (χ1v) is 7.29. The minimum Gasteiger partial charge on any atom is -0.323 e. The number of hydrogen-bond donors (Lipinski definition) is 2. The maximum Gasteiger partial charge on any atom is 0.260 e. The number of amides is 2. The second-order valence-electron chi connectivity index (χ2n) is 5.34. The highest BCUT2D eigenvalue weighted by Crippen LogP contribution is 2.43. The third kappa shape index (κ3) is 2.89. The van der Waals surface area contributed by atoms with E-state index in [1.165, 1.54) is 6.92 Å². The fourth-order valence-electron chi connectivity index (χ4n) is 2.31. The topological polar surface area (TPSA) is 70.6 Å². The molecule has 21 heavy (non-hydrogen) atoms. The zero-order chi connectivity index (χ0) is 15.2. The summed E-state index contributed by atoms with van der Waals surface area (Å²) < 4.78 is -1.47. The molecule has 110 valence electrons. The van der Waals surface area contributed by atoms with Crippen LogP contribution in [-0.4, -0.2) is 21.9 Å². The minimum absolute atomic E-state index is 0.00357. The van der Waals surface area contributed by atoms with Crippen LogP contribution in [0.25, 0.3) is 0 Å². The Morgan fingerprint density at radius 3 is 2.62 bits per heavy atom. The van der Waals surface area contributed by atoms with Crippen LogP contribution >= 0.6 is 23.2 Å². The molecule has 1 heterocycles. The van der Waals surface area contributed by atoms with Crippen LogP contribution in [0.2, 0.25) is 0 Å². The van der Waals surface area contributed by atoms with Crippen molar-refractivity contribution in [2.45, 2.75) is 17.7 Å². The van der Waals surface area contributed by atoms with Crippen LogP contribution in [0.3, 0.4) is 0 Å². The lowest BCUT2D eigenvalue weighted by Crippen LogP contribution is -2.29. The molecule has 1 aromatic carbocycles. The summed E-state index contributed by atoms with van der Waals surface area (Å²) in [5, 5.41) is 6.75. The second-order valence-corrected chi connectivity index (χ2v) is 7.05. The van der Waals surface area contributed by atoms with Gasteiger partial charge in [-0.2, -0.15) is 5.10 Å². The van der Waals surface area contributed by atoms with E-state index in [9.17, 15) is 9.59 Å². The number of nitrogens with one attached hydrogen (secondary N) is 2. The summed E-state index contributed by atoms with van der Waals surface area (Å²) in [5.41, 5.74) is 4.95. The van der Waals surface area contributed by atoms with E-state index in [1.54, 1.807) is 12.1 Å². The van der Waals surface area contributed by atoms with Crippen molar-refractivity contribution in [3.63, 3.8) is 0 Å². The predicted octanol–water partition coefficient (Wildman–Crippen LogP) is 2.29. The summed E-state index contributed by atoms with van der Waals surface area (Å²) in [6, 6.07) is 7.20. The number of alkyl halides is 2. The quantitative estimate of drug-likeness (QED) is 0.837. The molecule has 7 heteroatoms. The van der Waals surface area contributed by atoms with Crippen molar-refractivity contribution in [2.75, 3.05) is 5.32 Å². The molecule has 0 saturated heterocycles. The number of nitrogens with zero attached hydrogens (tertiary/aromatic N) is 1. The number of fused-ring (bicyclic) bond motifs is 1. The Kier molecular flexibility index (Phi) is 3.42. The number of rotatable bonds is 3. The summed E-state index contributed by atoms with van der Waals surface area (Å²) in [6.45, 7) is 1.41. The van der Waals surface area contributed by atoms with Gasteiger partial charge < -0.3 is 5.32 Å². The minimum atomic E-state index is -1.47. The molecule has 1 aromatic rings. The molecule has 2 N–H and O–H groups in total. The van der Waals surface area contributed by atoms with Gasteiger partial charge in [0.2, 0.25) is 5.91 Å². The van der Waals surface area contributed by atoms with Gasteiger partial charge >= 0.3 is 0 Å². The van der Waals surface area contributed by atoms with Crippen LogP contribution in [0.5, 0.6) is 0 Å². The van der Waals surface area contributed by atoms with Gasteiger partial charge in [-0.15, -0.1) is 0 Å². The average Bonchev–Trinajstić information content (AvgIpc) is 3.20. The van der Waals surface area contributed by atoms with Gasteiger partial charge in [-0.1, -0.05) is 35.3 Å². The van der Waals surface area contributed by atoms with Gasteiger partial charge in [-0.25, -0.2) is 5.43 Å². The molecule has 5 nitrogen and oxygen atoms in total. The van der Waals surface area contributed by atoms with Gasteiger partial charge in [0.25, 0.3) is 5.91 Å². The van der Waals surface area contributed by atoms with E-state index in [0.717, 1.165) is 17.7 Å². The Labute approximate surface area is 131 Å². The molecular weight excluding hydrogens is 313 g/mol. The first-order valence-electron chi connectivity index (χ1n) is 6.53. The van der Waals surface area contributed by atoms with E-state index in [2.05, 4.69) is 15.8 Å². The lowest BCUT2D eigenvalue weighted by atomic mass is 10.0. The predicted molar refractivity (Wildman–Crippen MR) is 81.5 cm³/mol. The Hall–Kier alpha value is -1.59. The summed E-state index contributed by atoms with van der Waals surface area (Å²) in [5.74, 6) is -0.211. The molecule has 1 fully saturated rings. The van der Waals surface area contributed by atoms with Crippen molar-refractivity contribution in [2.24, 2.45) is 16.9 Å². The van der Waals surface area contributed by atoms with Crippen molar-refractivity contribution in [1.82, 2.24) is 5.43 Å². The van der Waals surface area contributed by atoms with Crippen molar-refractivity contribution in [1.29, 1.82) is 0 Å². The lowest BCUT2D eigenvalue weighted by molar-refractivity contribution is -0.122. The third-order valence-electron chi connectivity index (χ3n) is 3.60. The molecule has 3 rings (SSSR count). The standard InChI is InChI=1S/C14H13Cl2N3O2/c1-14(15,16)13(21)17-8-4-2-7(3-5-8)11-9-6-10(9)12(20)19-18-11/h2-5,9-10H,6H2,1H3,(H,17,21)(H,19,20). The largest absolute Gasteiger partial charge is 0.323 e. The summed E-state index contributed by atoms with van der Waals surface area (Å²) in [4.78, 5) is 23.1. The van der Waals surface area contributed by atoms with Gasteiger partial charge in [-0.05, 0) is 31.0 Å². The van der Waals surface area contributed by atoms with E-state index < -0.39 is 10.2 Å². The number of benzene rings is 1. The van der Waals surface area contributed by atoms with E-state index in [-0.39, 0.29) is 17.7 Å². The molecule has 1 aliphatic heterocycles. The number of halogens is 2. The number of carbonyl (C=O) groups excluding carboxylic acids is 2. The van der Waals surface area contributed by atoms with Gasteiger partial charge in [0.1, 0.15) is 0 Å². The first kappa shape index (κ1) is 14.4. The van der Waals surface area contributed by atoms with E-state index in [4.69, 9.17) is 23.2 Å². The Morgan fingerprint density at radius 1 is 1.33 bits per heavy atom. The molecule has 0 aromatic heterocycles. The van der Waals surface area contributed by atoms with Crippen LogP contribution in [0.15, 0.2) is 29.4 Å². The molecule has 0 spiro atoms. The highest BCUT2D eigenvalue weighted by Gasteiger charge is 2.49. The molecule has 0 bridgehead atoms. The highest BCUT2D eigenvalue weighted by atomic mass is 35.5. The maximum absolute atomic E-state index is 11.7. The first-order chi connectivity index (χ1) is 9.86. The smallest absolute Gasteiger partial charge is 0.260 e. The van der Waals surface area contributed by atoms with Crippen molar-refractivity contribution in [3.05, 3.63) is 29.8 Å². The van der Waals surface area contributed by atoms with E-state index in [0.29, 0.717) is 5.69 Å². The fourth-order valence-corrected chi connectivity index (χ4v) is 2.41. The third-order valence-corrected chi connectivity index (χ3v) is 3.95. The van der Waals surface area contributed by atoms with Crippen molar-refractivity contribution in [3.8, 4) is 0 Å². The highest BCUT2D eigenvalue weighted by molar-refractivity contribution is 6.58. The Balaban J connectivity index is 1.73. The SMILES string of the molecule is CC(Cl)(Cl)C(=O)Nc1ccc(C2=NNC(=O)C3CC23)cc1. The fraction of sp³-hybridized carbons (Fsp3) is 0.357. The van der Waals surface area contributed by atoms with Crippen LogP contribution in [-0.2, 0) is 9.59 Å². The molecule has 2 amide bonds. The number of hydrazone groups is 1. The summed E-state index contributed by atoms with van der Waals surface area (Å²) in [7, 11) is 0. The molecule has 2 atom stereocenters. The number of anilines is 1. The molecule has 2 aliphatic rings. The van der Waals surface area contributed by atoms with Crippen molar-refractivity contribution >= 4 is 46.4 Å². The second kappa shape index (κ2) is 5.00. The molecule has 2 unspecified atom stereocenters. The summed E-state index contributed by atoms with van der Waals surface area (Å²) >= 11 is 11.4. The normalized spacial score (nSPS) is 23.8. The number of hydrogen-bond acceptors (Lipinski definition) is 3. The number of carbonyl (C=O) groups is 2. The Morgan fingerprint density at radius 2 is 2.00 bits per heavy atom. The van der Waals surface area contributed by atoms with Gasteiger partial charge in [0, 0.05) is 17.5 Å². The molecule has 0 radical (unpaired) electrons. The molecule has 1 aliphatic carbocycles. The Bertz CT molecular complexity index is 635. The van der Waals surface area contributed by atoms with Crippen molar-refractivity contribution < 1.29 is 9.59 Å². The summed E-state index contributed by atoms with van der Waals surface area (Å²) in [6.07, 6.45) is 0.847. The maximum atomic E-state index is 11.7. The average molecular weight is 326 g/mol. The zero-order valence-electron chi connectivity index (χ0n) is 11.2. The van der Waals surface area contributed by atoms with Crippen LogP contribution in [0.1, 0.15) is 18.9 Å². The molecular formula is C14H13Cl2N3O2. The van der Waals surface area contributed by atoms with Crippen LogP contribution in [0.4, 0.5) is 5.69 Å². The van der Waals surface area contributed by atoms with Gasteiger partial charge in [-0.3, -0.25) is 9.59 Å². The van der Waals surface area contributed by atoms with Gasteiger partial charge in [0.05, 0.1) is 5.71 Å². The monoisotopic (exact) mass is 325 g/mol. The zero-order valence-corrected chi connectivity index (χ0v) is 12.7. The van der Waals surface area contributed by atoms with E-state index >= 15 is 0 Å². The van der Waals surface area contributed by atoms with E-state index in [1.807, 2.05) is 12.1 Å². The van der Waals surface area contributed by atoms with Gasteiger partial charge in [0.15, 0.2) is 4.33 Å². The lowest BCUT2D eigenvalue weighted by Gasteiger charge is -2.14. The van der Waals surface area contributed by atoms with Crippen LogP contribution in [0, 0.1) is 11.8 Å².